The van der Waals surface area contributed by atoms with Crippen LogP contribution in [-0.4, -0.2) is 38.0 Å². The average molecular weight is 283 g/mol. The summed E-state index contributed by atoms with van der Waals surface area (Å²) < 4.78 is 16.0. The monoisotopic (exact) mass is 283 g/mol. The summed E-state index contributed by atoms with van der Waals surface area (Å²) in [6.45, 7) is 5.51. The van der Waals surface area contributed by atoms with Crippen LogP contribution in [0.25, 0.3) is 0 Å². The van der Waals surface area contributed by atoms with Gasteiger partial charge in [0, 0.05) is 18.7 Å². The molecule has 0 amide bonds. The Hall–Kier alpha value is -1.95. The summed E-state index contributed by atoms with van der Waals surface area (Å²) in [6.07, 6.45) is 0. The maximum Gasteiger partial charge on any atom is 0.337 e. The van der Waals surface area contributed by atoms with E-state index in [2.05, 4.69) is 13.8 Å². The molecule has 0 spiro atoms. The van der Waals surface area contributed by atoms with Crippen LogP contribution in [0.2, 0.25) is 0 Å². The summed E-state index contributed by atoms with van der Waals surface area (Å²) >= 11 is 0. The normalized spacial score (nSPS) is 10.6. The van der Waals surface area contributed by atoms with E-state index >= 15 is 0 Å². The lowest BCUT2D eigenvalue weighted by molar-refractivity contribution is 0.0696. The molecule has 112 valence electrons. The van der Waals surface area contributed by atoms with Crippen molar-refractivity contribution in [2.45, 2.75) is 13.8 Å². The highest BCUT2D eigenvalue weighted by Gasteiger charge is 2.14. The number of hydrogen-bond acceptors (Lipinski definition) is 5. The van der Waals surface area contributed by atoms with Gasteiger partial charge in [0.15, 0.2) is 11.5 Å². The van der Waals surface area contributed by atoms with Gasteiger partial charge in [0.05, 0.1) is 25.0 Å². The number of carboxylic acids is 1. The molecule has 6 heteroatoms. The number of ether oxygens (including phenoxy) is 3. The molecule has 0 unspecified atom stereocenters. The quantitative estimate of drug-likeness (QED) is 0.560. The minimum absolute atomic E-state index is 0.0103. The van der Waals surface area contributed by atoms with Crippen LogP contribution in [0, 0.1) is 5.92 Å². The first-order valence-electron chi connectivity index (χ1n) is 6.37. The van der Waals surface area contributed by atoms with Crippen LogP contribution < -0.4 is 15.2 Å². The zero-order valence-corrected chi connectivity index (χ0v) is 12.0. The van der Waals surface area contributed by atoms with E-state index in [9.17, 15) is 4.79 Å². The van der Waals surface area contributed by atoms with Crippen molar-refractivity contribution >= 4 is 11.7 Å². The van der Waals surface area contributed by atoms with Crippen molar-refractivity contribution in [2.24, 2.45) is 5.92 Å². The van der Waals surface area contributed by atoms with Gasteiger partial charge < -0.3 is 25.1 Å². The van der Waals surface area contributed by atoms with Gasteiger partial charge in [-0.3, -0.25) is 0 Å². The molecule has 0 aliphatic carbocycles. The molecular formula is C14H21NO5. The van der Waals surface area contributed by atoms with Crippen LogP contribution in [0.5, 0.6) is 11.5 Å². The predicted octanol–water partition coefficient (Wildman–Crippen LogP) is 2.03. The molecule has 0 saturated carbocycles. The lowest BCUT2D eigenvalue weighted by Crippen LogP contribution is -2.11. The molecule has 1 aromatic rings. The van der Waals surface area contributed by atoms with Crippen LogP contribution in [-0.2, 0) is 4.74 Å². The SMILES string of the molecule is COc1cc(N)c(C(=O)O)cc1OCCOCC(C)C. The molecule has 0 aliphatic rings. The summed E-state index contributed by atoms with van der Waals surface area (Å²) in [5, 5.41) is 9.02. The Kier molecular flexibility index (Phi) is 6.11. The largest absolute Gasteiger partial charge is 0.493 e. The zero-order chi connectivity index (χ0) is 15.1. The number of methoxy groups -OCH3 is 1. The van der Waals surface area contributed by atoms with Gasteiger partial charge in [-0.2, -0.15) is 0 Å². The number of anilines is 1. The van der Waals surface area contributed by atoms with Gasteiger partial charge in [-0.25, -0.2) is 4.79 Å². The topological polar surface area (TPSA) is 91.0 Å². The van der Waals surface area contributed by atoms with Gasteiger partial charge in [-0.15, -0.1) is 0 Å². The van der Waals surface area contributed by atoms with Gasteiger partial charge in [-0.1, -0.05) is 13.8 Å². The molecule has 1 aromatic carbocycles. The second-order valence-electron chi connectivity index (χ2n) is 4.71. The molecule has 0 aromatic heterocycles. The Labute approximate surface area is 118 Å². The molecule has 3 N–H and O–H groups in total. The Morgan fingerprint density at radius 1 is 1.30 bits per heavy atom. The predicted molar refractivity (Wildman–Crippen MR) is 75.5 cm³/mol. The van der Waals surface area contributed by atoms with Crippen LogP contribution in [0.4, 0.5) is 5.69 Å². The van der Waals surface area contributed by atoms with Crippen molar-refractivity contribution in [1.29, 1.82) is 0 Å². The Morgan fingerprint density at radius 3 is 2.55 bits per heavy atom. The van der Waals surface area contributed by atoms with Gasteiger partial charge in [0.1, 0.15) is 6.61 Å². The maximum atomic E-state index is 11.0. The third-order valence-electron chi connectivity index (χ3n) is 2.50. The van der Waals surface area contributed by atoms with Crippen molar-refractivity contribution in [3.05, 3.63) is 17.7 Å². The first-order chi connectivity index (χ1) is 9.45. The standard InChI is InChI=1S/C14H21NO5/c1-9(2)8-19-4-5-20-13-6-10(14(16)17)11(15)7-12(13)18-3/h6-7,9H,4-5,8,15H2,1-3H3,(H,16,17). The average Bonchev–Trinajstić information content (AvgIpc) is 2.38. The number of nitrogen functional groups attached to an aromatic ring is 1. The van der Waals surface area contributed by atoms with Crippen molar-refractivity contribution in [1.82, 2.24) is 0 Å². The van der Waals surface area contributed by atoms with E-state index < -0.39 is 5.97 Å². The van der Waals surface area contributed by atoms with Crippen LogP contribution in [0.1, 0.15) is 24.2 Å². The third-order valence-corrected chi connectivity index (χ3v) is 2.50. The van der Waals surface area contributed by atoms with E-state index in [0.717, 1.165) is 0 Å². The molecule has 0 radical (unpaired) electrons. The van der Waals surface area contributed by atoms with Crippen LogP contribution >= 0.6 is 0 Å². The van der Waals surface area contributed by atoms with E-state index in [1.165, 1.54) is 19.2 Å². The fourth-order valence-corrected chi connectivity index (χ4v) is 1.56. The zero-order valence-electron chi connectivity index (χ0n) is 12.0. The van der Waals surface area contributed by atoms with Crippen molar-refractivity contribution < 1.29 is 24.1 Å². The summed E-state index contributed by atoms with van der Waals surface area (Å²) in [5.41, 5.74) is 5.76. The second kappa shape index (κ2) is 7.59. The smallest absolute Gasteiger partial charge is 0.337 e. The van der Waals surface area contributed by atoms with Gasteiger partial charge in [-0.05, 0) is 5.92 Å². The second-order valence-corrected chi connectivity index (χ2v) is 4.71. The summed E-state index contributed by atoms with van der Waals surface area (Å²) in [4.78, 5) is 11.0. The highest BCUT2D eigenvalue weighted by atomic mass is 16.5. The summed E-state index contributed by atoms with van der Waals surface area (Å²) in [5.74, 6) is 0.0920. The number of carbonyl (C=O) groups is 1. The molecule has 0 saturated heterocycles. The lowest BCUT2D eigenvalue weighted by Gasteiger charge is -2.13. The number of aromatic carboxylic acids is 1. The fraction of sp³-hybridized carbons (Fsp3) is 0.500. The van der Waals surface area contributed by atoms with E-state index in [1.807, 2.05) is 0 Å². The molecule has 0 aliphatic heterocycles. The van der Waals surface area contributed by atoms with E-state index in [4.69, 9.17) is 25.1 Å². The Balaban J connectivity index is 2.68. The maximum absolute atomic E-state index is 11.0. The fourth-order valence-electron chi connectivity index (χ4n) is 1.56. The third kappa shape index (κ3) is 4.62. The number of carboxylic acid groups (broad SMARTS) is 1. The number of benzene rings is 1. The number of nitrogens with two attached hydrogens (primary N) is 1. The summed E-state index contributed by atoms with van der Waals surface area (Å²) in [6, 6.07) is 2.80. The lowest BCUT2D eigenvalue weighted by atomic mass is 10.1. The first kappa shape index (κ1) is 16.1. The molecule has 0 atom stereocenters. The molecular weight excluding hydrogens is 262 g/mol. The van der Waals surface area contributed by atoms with Gasteiger partial charge in [0.25, 0.3) is 0 Å². The number of rotatable bonds is 8. The highest BCUT2D eigenvalue weighted by molar-refractivity contribution is 5.94. The molecule has 0 heterocycles. The summed E-state index contributed by atoms with van der Waals surface area (Å²) in [7, 11) is 1.47. The van der Waals surface area contributed by atoms with Crippen molar-refractivity contribution in [2.75, 3.05) is 32.7 Å². The Morgan fingerprint density at radius 2 is 2.00 bits per heavy atom. The van der Waals surface area contributed by atoms with Crippen LogP contribution in [0.3, 0.4) is 0 Å². The van der Waals surface area contributed by atoms with Crippen molar-refractivity contribution in [3.63, 3.8) is 0 Å². The Bertz CT molecular complexity index is 459. The minimum atomic E-state index is -1.11. The molecule has 0 bridgehead atoms. The van der Waals surface area contributed by atoms with Gasteiger partial charge >= 0.3 is 5.97 Å². The highest BCUT2D eigenvalue weighted by Crippen LogP contribution is 2.32. The van der Waals surface area contributed by atoms with E-state index in [0.29, 0.717) is 37.2 Å². The molecule has 20 heavy (non-hydrogen) atoms. The molecule has 0 fully saturated rings. The minimum Gasteiger partial charge on any atom is -0.493 e. The molecule has 6 nitrogen and oxygen atoms in total. The number of hydrogen-bond donors (Lipinski definition) is 2. The van der Waals surface area contributed by atoms with Crippen molar-refractivity contribution in [3.8, 4) is 11.5 Å². The van der Waals surface area contributed by atoms with E-state index in [-0.39, 0.29) is 11.3 Å². The van der Waals surface area contributed by atoms with Crippen LogP contribution in [0.15, 0.2) is 12.1 Å². The van der Waals surface area contributed by atoms with Gasteiger partial charge in [0.2, 0.25) is 0 Å². The first-order valence-corrected chi connectivity index (χ1v) is 6.37. The molecule has 1 rings (SSSR count). The van der Waals surface area contributed by atoms with E-state index in [1.54, 1.807) is 0 Å².